The second kappa shape index (κ2) is 5.01. The SMILES string of the molecule is CCc1ccc(-n2ccc3c(cnc4nc(C)nn43)c2=O)cc1. The standard InChI is InChI=1S/C17H15N5O/c1-3-12-4-6-13(7-5-12)21-9-8-15-14(16(21)23)10-18-17-19-11(2)20-22(15)17/h4-10H,3H2,1-2H3. The number of aryl methyl sites for hydroxylation is 2. The van der Waals surface area contributed by atoms with E-state index >= 15 is 0 Å². The molecule has 0 N–H and O–H groups in total. The van der Waals surface area contributed by atoms with Gasteiger partial charge in [0.05, 0.1) is 10.9 Å². The second-order valence-electron chi connectivity index (χ2n) is 5.44. The third-order valence-corrected chi connectivity index (χ3v) is 3.96. The summed E-state index contributed by atoms with van der Waals surface area (Å²) >= 11 is 0. The third-order valence-electron chi connectivity index (χ3n) is 3.96. The number of hydrogen-bond donors (Lipinski definition) is 0. The Labute approximate surface area is 132 Å². The molecule has 3 heterocycles. The number of benzene rings is 1. The summed E-state index contributed by atoms with van der Waals surface area (Å²) in [5.74, 6) is 1.13. The zero-order valence-corrected chi connectivity index (χ0v) is 12.9. The van der Waals surface area contributed by atoms with Crippen molar-refractivity contribution in [1.29, 1.82) is 0 Å². The van der Waals surface area contributed by atoms with Crippen LogP contribution < -0.4 is 5.56 Å². The highest BCUT2D eigenvalue weighted by molar-refractivity contribution is 5.78. The van der Waals surface area contributed by atoms with Gasteiger partial charge < -0.3 is 0 Å². The normalized spacial score (nSPS) is 11.4. The molecular weight excluding hydrogens is 290 g/mol. The highest BCUT2D eigenvalue weighted by Gasteiger charge is 2.10. The first kappa shape index (κ1) is 13.6. The average Bonchev–Trinajstić information content (AvgIpc) is 2.96. The zero-order valence-electron chi connectivity index (χ0n) is 12.9. The summed E-state index contributed by atoms with van der Waals surface area (Å²) in [6.45, 7) is 3.91. The average molecular weight is 305 g/mol. The van der Waals surface area contributed by atoms with Gasteiger partial charge in [-0.25, -0.2) is 4.98 Å². The van der Waals surface area contributed by atoms with Gasteiger partial charge in [0.2, 0.25) is 0 Å². The van der Waals surface area contributed by atoms with E-state index in [1.54, 1.807) is 28.4 Å². The van der Waals surface area contributed by atoms with Crippen LogP contribution in [0.5, 0.6) is 0 Å². The molecule has 0 saturated heterocycles. The van der Waals surface area contributed by atoms with Crippen LogP contribution in [-0.4, -0.2) is 24.1 Å². The predicted octanol–water partition coefficient (Wildman–Crippen LogP) is 2.30. The number of nitrogens with zero attached hydrogens (tertiary/aromatic N) is 5. The number of hydrogen-bond acceptors (Lipinski definition) is 4. The molecule has 6 heteroatoms. The van der Waals surface area contributed by atoms with E-state index in [-0.39, 0.29) is 5.56 Å². The molecule has 6 nitrogen and oxygen atoms in total. The fraction of sp³-hybridized carbons (Fsp3) is 0.176. The van der Waals surface area contributed by atoms with E-state index in [2.05, 4.69) is 22.0 Å². The second-order valence-corrected chi connectivity index (χ2v) is 5.44. The fourth-order valence-corrected chi connectivity index (χ4v) is 2.71. The number of fused-ring (bicyclic) bond motifs is 3. The molecular formula is C17H15N5O. The van der Waals surface area contributed by atoms with Crippen LogP contribution in [0.4, 0.5) is 0 Å². The molecule has 0 radical (unpaired) electrons. The Balaban J connectivity index is 1.96. The molecule has 0 amide bonds. The lowest BCUT2D eigenvalue weighted by Gasteiger charge is -2.08. The minimum absolute atomic E-state index is 0.116. The van der Waals surface area contributed by atoms with Crippen LogP contribution in [0.15, 0.2) is 47.5 Å². The Morgan fingerprint density at radius 3 is 2.65 bits per heavy atom. The summed E-state index contributed by atoms with van der Waals surface area (Å²) in [5.41, 5.74) is 2.67. The van der Waals surface area contributed by atoms with Crippen LogP contribution in [0.1, 0.15) is 18.3 Å². The first-order chi connectivity index (χ1) is 11.2. The van der Waals surface area contributed by atoms with Gasteiger partial charge in [0.1, 0.15) is 5.82 Å². The van der Waals surface area contributed by atoms with Gasteiger partial charge in [0, 0.05) is 18.1 Å². The summed E-state index contributed by atoms with van der Waals surface area (Å²) in [4.78, 5) is 21.2. The van der Waals surface area contributed by atoms with Crippen LogP contribution in [-0.2, 0) is 6.42 Å². The molecule has 0 fully saturated rings. The maximum absolute atomic E-state index is 12.8. The molecule has 0 saturated carbocycles. The van der Waals surface area contributed by atoms with Gasteiger partial charge in [0.25, 0.3) is 11.3 Å². The molecule has 114 valence electrons. The lowest BCUT2D eigenvalue weighted by atomic mass is 10.1. The van der Waals surface area contributed by atoms with Crippen molar-refractivity contribution in [2.45, 2.75) is 20.3 Å². The molecule has 0 aliphatic heterocycles. The summed E-state index contributed by atoms with van der Waals surface area (Å²) in [5, 5.41) is 4.82. The van der Waals surface area contributed by atoms with Gasteiger partial charge in [-0.1, -0.05) is 19.1 Å². The molecule has 4 aromatic rings. The van der Waals surface area contributed by atoms with Crippen molar-refractivity contribution in [3.63, 3.8) is 0 Å². The van der Waals surface area contributed by atoms with Gasteiger partial charge in [-0.3, -0.25) is 9.36 Å². The summed E-state index contributed by atoms with van der Waals surface area (Å²) in [7, 11) is 0. The van der Waals surface area contributed by atoms with E-state index in [4.69, 9.17) is 0 Å². The van der Waals surface area contributed by atoms with Crippen LogP contribution in [0.25, 0.3) is 22.4 Å². The molecule has 4 rings (SSSR count). The van der Waals surface area contributed by atoms with Crippen molar-refractivity contribution < 1.29 is 0 Å². The molecule has 0 aliphatic carbocycles. The Bertz CT molecular complexity index is 1080. The molecule has 0 bridgehead atoms. The first-order valence-corrected chi connectivity index (χ1v) is 7.50. The maximum atomic E-state index is 12.8. The van der Waals surface area contributed by atoms with Crippen molar-refractivity contribution in [3.05, 3.63) is 64.5 Å². The van der Waals surface area contributed by atoms with Crippen molar-refractivity contribution in [3.8, 4) is 5.69 Å². The molecule has 0 aliphatic rings. The Hall–Kier alpha value is -3.02. The van der Waals surface area contributed by atoms with E-state index < -0.39 is 0 Å². The summed E-state index contributed by atoms with van der Waals surface area (Å²) < 4.78 is 3.23. The zero-order chi connectivity index (χ0) is 16.0. The van der Waals surface area contributed by atoms with E-state index in [0.29, 0.717) is 22.5 Å². The molecule has 3 aromatic heterocycles. The van der Waals surface area contributed by atoms with E-state index in [0.717, 1.165) is 12.1 Å². The van der Waals surface area contributed by atoms with Crippen molar-refractivity contribution in [2.24, 2.45) is 0 Å². The van der Waals surface area contributed by atoms with Crippen molar-refractivity contribution in [1.82, 2.24) is 24.1 Å². The van der Waals surface area contributed by atoms with Gasteiger partial charge in [-0.15, -0.1) is 5.10 Å². The molecule has 0 spiro atoms. The van der Waals surface area contributed by atoms with Crippen molar-refractivity contribution in [2.75, 3.05) is 0 Å². The quantitative estimate of drug-likeness (QED) is 0.570. The molecule has 1 aromatic carbocycles. The summed E-state index contributed by atoms with van der Waals surface area (Å²) in [6.07, 6.45) is 4.31. The van der Waals surface area contributed by atoms with Crippen LogP contribution in [0.3, 0.4) is 0 Å². The maximum Gasteiger partial charge on any atom is 0.266 e. The number of rotatable bonds is 2. The summed E-state index contributed by atoms with van der Waals surface area (Å²) in [6, 6.07) is 9.85. The molecule has 0 unspecified atom stereocenters. The minimum atomic E-state index is -0.116. The van der Waals surface area contributed by atoms with Gasteiger partial charge >= 0.3 is 0 Å². The van der Waals surface area contributed by atoms with Crippen LogP contribution in [0, 0.1) is 6.92 Å². The highest BCUT2D eigenvalue weighted by Crippen LogP contribution is 2.13. The smallest absolute Gasteiger partial charge is 0.266 e. The van der Waals surface area contributed by atoms with Gasteiger partial charge in [-0.2, -0.15) is 9.50 Å². The topological polar surface area (TPSA) is 65.1 Å². The number of aromatic nitrogens is 5. The van der Waals surface area contributed by atoms with Crippen LogP contribution in [0.2, 0.25) is 0 Å². The Morgan fingerprint density at radius 1 is 1.13 bits per heavy atom. The predicted molar refractivity (Wildman–Crippen MR) is 88.0 cm³/mol. The molecule has 23 heavy (non-hydrogen) atoms. The van der Waals surface area contributed by atoms with Crippen LogP contribution >= 0.6 is 0 Å². The van der Waals surface area contributed by atoms with Crippen molar-refractivity contribution >= 4 is 16.7 Å². The monoisotopic (exact) mass is 305 g/mol. The van der Waals surface area contributed by atoms with E-state index in [9.17, 15) is 4.79 Å². The molecule has 0 atom stereocenters. The lowest BCUT2D eigenvalue weighted by molar-refractivity contribution is 0.938. The lowest BCUT2D eigenvalue weighted by Crippen LogP contribution is -2.18. The third kappa shape index (κ3) is 2.11. The largest absolute Gasteiger partial charge is 0.284 e. The van der Waals surface area contributed by atoms with Gasteiger partial charge in [-0.05, 0) is 37.1 Å². The minimum Gasteiger partial charge on any atom is -0.284 e. The number of pyridine rings is 1. The fourth-order valence-electron chi connectivity index (χ4n) is 2.71. The van der Waals surface area contributed by atoms with E-state index in [1.165, 1.54) is 5.56 Å². The first-order valence-electron chi connectivity index (χ1n) is 7.50. The highest BCUT2D eigenvalue weighted by atomic mass is 16.1. The Kier molecular flexibility index (Phi) is 2.97. The Morgan fingerprint density at radius 2 is 1.91 bits per heavy atom. The van der Waals surface area contributed by atoms with E-state index in [1.807, 2.05) is 30.3 Å². The van der Waals surface area contributed by atoms with Gasteiger partial charge in [0.15, 0.2) is 0 Å².